The van der Waals surface area contributed by atoms with E-state index in [1.54, 1.807) is 29.0 Å². The molecule has 0 aliphatic carbocycles. The first-order valence-electron chi connectivity index (χ1n) is 5.54. The molecule has 0 aromatic carbocycles. The van der Waals surface area contributed by atoms with Crippen LogP contribution in [0.4, 0.5) is 0 Å². The Hall–Kier alpha value is -1.83. The Bertz CT molecular complexity index is 744. The molecule has 3 N–H and O–H groups in total. The second-order valence-corrected chi connectivity index (χ2v) is 6.40. The van der Waals surface area contributed by atoms with Gasteiger partial charge in [0.25, 0.3) is 11.8 Å². The van der Waals surface area contributed by atoms with E-state index in [-0.39, 0.29) is 5.91 Å². The van der Waals surface area contributed by atoms with Crippen LogP contribution in [-0.2, 0) is 0 Å². The molecule has 3 rings (SSSR count). The molecule has 0 aliphatic heterocycles. The van der Waals surface area contributed by atoms with Crippen LogP contribution in [0.5, 0.6) is 0 Å². The molecule has 3 aromatic heterocycles. The predicted molar refractivity (Wildman–Crippen MR) is 80.4 cm³/mol. The summed E-state index contributed by atoms with van der Waals surface area (Å²) in [7, 11) is 0. The van der Waals surface area contributed by atoms with E-state index >= 15 is 0 Å². The zero-order valence-electron chi connectivity index (χ0n) is 9.90. The minimum Gasteiger partial charge on any atom is -0.342 e. The molecule has 3 heterocycles. The van der Waals surface area contributed by atoms with Crippen LogP contribution in [-0.4, -0.2) is 16.8 Å². The summed E-state index contributed by atoms with van der Waals surface area (Å²) >= 11 is 8.63. The number of hydrogen-bond acceptors (Lipinski definition) is 4. The molecule has 0 aliphatic rings. The summed E-state index contributed by atoms with van der Waals surface area (Å²) in [6, 6.07) is 5.14. The van der Waals surface area contributed by atoms with E-state index < -0.39 is 5.91 Å². The summed E-state index contributed by atoms with van der Waals surface area (Å²) in [5, 5.41) is 4.36. The fraction of sp³-hybridized carbons (Fsp3) is 0. The monoisotopic (exact) mass is 325 g/mol. The molecule has 20 heavy (non-hydrogen) atoms. The van der Waals surface area contributed by atoms with E-state index in [9.17, 15) is 9.59 Å². The summed E-state index contributed by atoms with van der Waals surface area (Å²) in [4.78, 5) is 27.3. The third-order valence-corrected chi connectivity index (χ3v) is 4.47. The number of halogens is 1. The lowest BCUT2D eigenvalue weighted by molar-refractivity contribution is 0.0844. The summed E-state index contributed by atoms with van der Waals surface area (Å²) in [6.07, 6.45) is 0. The van der Waals surface area contributed by atoms with Crippen molar-refractivity contribution in [2.24, 2.45) is 0 Å². The second-order valence-electron chi connectivity index (χ2n) is 3.94. The number of H-pyrrole nitrogens is 1. The fourth-order valence-corrected chi connectivity index (χ4v) is 3.42. The Morgan fingerprint density at radius 3 is 2.70 bits per heavy atom. The predicted octanol–water partition coefficient (Wildman–Crippen LogP) is 3.02. The van der Waals surface area contributed by atoms with E-state index in [0.29, 0.717) is 15.6 Å². The Labute approximate surface area is 126 Å². The van der Waals surface area contributed by atoms with Crippen molar-refractivity contribution in [2.45, 2.75) is 0 Å². The smallest absolute Gasteiger partial charge is 0.286 e. The van der Waals surface area contributed by atoms with Crippen LogP contribution in [0.3, 0.4) is 0 Å². The van der Waals surface area contributed by atoms with Gasteiger partial charge >= 0.3 is 0 Å². The largest absolute Gasteiger partial charge is 0.342 e. The SMILES string of the molecule is O=C(NNC(=O)c1cc2cc(Cl)sc2[nH]1)c1ccsc1. The van der Waals surface area contributed by atoms with Crippen molar-refractivity contribution >= 4 is 56.3 Å². The van der Waals surface area contributed by atoms with Gasteiger partial charge in [-0.2, -0.15) is 11.3 Å². The van der Waals surface area contributed by atoms with Gasteiger partial charge in [-0.15, -0.1) is 11.3 Å². The number of rotatable bonds is 2. The third-order valence-electron chi connectivity index (χ3n) is 2.60. The van der Waals surface area contributed by atoms with Gasteiger partial charge in [0.15, 0.2) is 0 Å². The molecule has 3 aromatic rings. The summed E-state index contributed by atoms with van der Waals surface area (Å²) in [5.74, 6) is -0.760. The number of carbonyl (C=O) groups excluding carboxylic acids is 2. The number of nitrogens with one attached hydrogen (secondary N) is 3. The molecule has 0 unspecified atom stereocenters. The molecular weight excluding hydrogens is 318 g/mol. The van der Waals surface area contributed by atoms with Crippen LogP contribution in [0.15, 0.2) is 29.0 Å². The summed E-state index contributed by atoms with van der Waals surface area (Å²) in [5.41, 5.74) is 5.59. The number of hydrogen-bond donors (Lipinski definition) is 3. The lowest BCUT2D eigenvalue weighted by Crippen LogP contribution is -2.41. The highest BCUT2D eigenvalue weighted by atomic mass is 35.5. The van der Waals surface area contributed by atoms with E-state index in [2.05, 4.69) is 15.8 Å². The molecule has 2 amide bonds. The van der Waals surface area contributed by atoms with Crippen molar-refractivity contribution in [3.05, 3.63) is 44.6 Å². The quantitative estimate of drug-likeness (QED) is 0.634. The fourth-order valence-electron chi connectivity index (χ4n) is 1.66. The van der Waals surface area contributed by atoms with E-state index in [1.807, 2.05) is 0 Å². The third kappa shape index (κ3) is 2.55. The van der Waals surface area contributed by atoms with E-state index in [4.69, 9.17) is 11.6 Å². The molecule has 0 spiro atoms. The number of aromatic amines is 1. The molecule has 5 nitrogen and oxygen atoms in total. The van der Waals surface area contributed by atoms with Crippen LogP contribution in [0, 0.1) is 0 Å². The van der Waals surface area contributed by atoms with Gasteiger partial charge in [0.1, 0.15) is 10.5 Å². The van der Waals surface area contributed by atoms with Crippen molar-refractivity contribution in [3.8, 4) is 0 Å². The van der Waals surface area contributed by atoms with Gasteiger partial charge in [0.2, 0.25) is 0 Å². The molecule has 0 fully saturated rings. The van der Waals surface area contributed by atoms with Crippen molar-refractivity contribution in [1.29, 1.82) is 0 Å². The molecule has 0 atom stereocenters. The first-order chi connectivity index (χ1) is 9.63. The van der Waals surface area contributed by atoms with Gasteiger partial charge in [-0.25, -0.2) is 0 Å². The summed E-state index contributed by atoms with van der Waals surface area (Å²) < 4.78 is 0.656. The average molecular weight is 326 g/mol. The Morgan fingerprint density at radius 1 is 1.20 bits per heavy atom. The van der Waals surface area contributed by atoms with Gasteiger partial charge in [0, 0.05) is 10.8 Å². The molecule has 0 bridgehead atoms. The number of thiophene rings is 2. The lowest BCUT2D eigenvalue weighted by Gasteiger charge is -2.04. The number of aromatic nitrogens is 1. The maximum Gasteiger partial charge on any atom is 0.286 e. The zero-order chi connectivity index (χ0) is 14.1. The van der Waals surface area contributed by atoms with Gasteiger partial charge in [-0.3, -0.25) is 20.4 Å². The Kier molecular flexibility index (Phi) is 3.47. The first-order valence-corrected chi connectivity index (χ1v) is 7.68. The number of hydrazine groups is 1. The maximum atomic E-state index is 11.9. The van der Waals surface area contributed by atoms with Crippen LogP contribution in [0.25, 0.3) is 10.2 Å². The Balaban J connectivity index is 1.67. The summed E-state index contributed by atoms with van der Waals surface area (Å²) in [6.45, 7) is 0. The van der Waals surface area contributed by atoms with Gasteiger partial charge in [0.05, 0.1) is 9.90 Å². The van der Waals surface area contributed by atoms with Crippen LogP contribution >= 0.6 is 34.3 Å². The molecule has 0 saturated heterocycles. The molecule has 0 radical (unpaired) electrons. The maximum absolute atomic E-state index is 11.9. The number of amides is 2. The average Bonchev–Trinajstić information content (AvgIpc) is 3.09. The van der Waals surface area contributed by atoms with Gasteiger partial charge in [-0.1, -0.05) is 11.6 Å². The van der Waals surface area contributed by atoms with Gasteiger partial charge < -0.3 is 4.98 Å². The van der Waals surface area contributed by atoms with Crippen molar-refractivity contribution in [1.82, 2.24) is 15.8 Å². The molecule has 102 valence electrons. The van der Waals surface area contributed by atoms with E-state index in [0.717, 1.165) is 10.2 Å². The normalized spacial score (nSPS) is 10.7. The van der Waals surface area contributed by atoms with Crippen molar-refractivity contribution in [3.63, 3.8) is 0 Å². The minimum absolute atomic E-state index is 0.351. The lowest BCUT2D eigenvalue weighted by atomic mass is 10.3. The minimum atomic E-state index is -0.409. The highest BCUT2D eigenvalue weighted by molar-refractivity contribution is 7.22. The number of carbonyl (C=O) groups is 2. The van der Waals surface area contributed by atoms with Crippen molar-refractivity contribution < 1.29 is 9.59 Å². The topological polar surface area (TPSA) is 74.0 Å². The van der Waals surface area contributed by atoms with Crippen LogP contribution < -0.4 is 10.9 Å². The zero-order valence-corrected chi connectivity index (χ0v) is 12.3. The van der Waals surface area contributed by atoms with Gasteiger partial charge in [-0.05, 0) is 23.6 Å². The number of fused-ring (bicyclic) bond motifs is 1. The second kappa shape index (κ2) is 5.28. The molecule has 8 heteroatoms. The Morgan fingerprint density at radius 2 is 2.00 bits per heavy atom. The highest BCUT2D eigenvalue weighted by Crippen LogP contribution is 2.29. The molecular formula is C12H8ClN3O2S2. The highest BCUT2D eigenvalue weighted by Gasteiger charge is 2.13. The van der Waals surface area contributed by atoms with E-state index in [1.165, 1.54) is 22.7 Å². The standard InChI is InChI=1S/C12H8ClN3O2S2/c13-9-4-7-3-8(14-12(7)20-9)11(18)16-15-10(17)6-1-2-19-5-6/h1-5,14H,(H,15,17)(H,16,18). The van der Waals surface area contributed by atoms with Crippen molar-refractivity contribution in [2.75, 3.05) is 0 Å². The molecule has 0 saturated carbocycles. The van der Waals surface area contributed by atoms with Crippen LogP contribution in [0.2, 0.25) is 4.34 Å². The first kappa shape index (κ1) is 13.2. The van der Waals surface area contributed by atoms with Crippen LogP contribution in [0.1, 0.15) is 20.8 Å².